The molecule has 0 heterocycles. The van der Waals surface area contributed by atoms with Gasteiger partial charge in [-0.2, -0.15) is 0 Å². The number of carbonyl (C=O) groups is 3. The third kappa shape index (κ3) is 56.0. The minimum Gasteiger partial charge on any atom is -0.462 e. The second kappa shape index (κ2) is 58.6. The molecule has 0 aromatic heterocycles. The SMILES string of the molecule is CC/C=C\C/C=C\C/C=C\C/C=C\C/C=C\C/C=C\CCCCCCC(=O)OCC(COC(=O)CCCCCCC/C=C\CCC)OC(=O)CCCC/C=C\C/C=C\C/C=C\C/C=C\C/C=C\C/C=C\CC. The van der Waals surface area contributed by atoms with Gasteiger partial charge in [0, 0.05) is 19.3 Å². The molecule has 0 radical (unpaired) electrons. The van der Waals surface area contributed by atoms with E-state index < -0.39 is 6.10 Å². The Balaban J connectivity index is 4.49. The highest BCUT2D eigenvalue weighted by molar-refractivity contribution is 5.71. The summed E-state index contributed by atoms with van der Waals surface area (Å²) in [4.78, 5) is 38.1. The third-order valence-corrected chi connectivity index (χ3v) is 11.2. The largest absolute Gasteiger partial charge is 0.462 e. The Kier molecular flexibility index (Phi) is 54.6. The number of esters is 3. The monoisotopic (exact) mass is 991 g/mol. The summed E-state index contributed by atoms with van der Waals surface area (Å²) in [5.41, 5.74) is 0. The Morgan fingerprint density at radius 2 is 0.542 bits per heavy atom. The number of carbonyl (C=O) groups excluding carboxylic acids is 3. The van der Waals surface area contributed by atoms with Crippen LogP contribution in [0.25, 0.3) is 0 Å². The Hall–Kier alpha value is -4.97. The van der Waals surface area contributed by atoms with Crippen LogP contribution in [0.1, 0.15) is 220 Å². The molecule has 0 spiro atoms. The maximum atomic E-state index is 12.8. The van der Waals surface area contributed by atoms with Gasteiger partial charge in [-0.3, -0.25) is 14.4 Å². The van der Waals surface area contributed by atoms with Crippen molar-refractivity contribution in [2.75, 3.05) is 13.2 Å². The summed E-state index contributed by atoms with van der Waals surface area (Å²) in [7, 11) is 0. The second-order valence-electron chi connectivity index (χ2n) is 18.1. The van der Waals surface area contributed by atoms with E-state index in [2.05, 4.69) is 179 Å². The van der Waals surface area contributed by atoms with Gasteiger partial charge in [0.25, 0.3) is 0 Å². The van der Waals surface area contributed by atoms with E-state index in [-0.39, 0.29) is 37.5 Å². The minimum absolute atomic E-state index is 0.116. The van der Waals surface area contributed by atoms with Crippen LogP contribution in [-0.2, 0) is 28.6 Å². The van der Waals surface area contributed by atoms with Gasteiger partial charge in [-0.1, -0.05) is 217 Å². The Bertz CT molecular complexity index is 1660. The third-order valence-electron chi connectivity index (χ3n) is 11.2. The van der Waals surface area contributed by atoms with Gasteiger partial charge in [-0.15, -0.1) is 0 Å². The van der Waals surface area contributed by atoms with E-state index in [9.17, 15) is 14.4 Å². The molecule has 0 N–H and O–H groups in total. The van der Waals surface area contributed by atoms with Gasteiger partial charge in [-0.05, 0) is 141 Å². The maximum absolute atomic E-state index is 12.8. The molecule has 0 amide bonds. The van der Waals surface area contributed by atoms with Crippen LogP contribution in [-0.4, -0.2) is 37.2 Å². The fourth-order valence-corrected chi connectivity index (χ4v) is 7.04. The van der Waals surface area contributed by atoms with Crippen molar-refractivity contribution in [3.8, 4) is 0 Å². The van der Waals surface area contributed by atoms with E-state index in [1.165, 1.54) is 12.8 Å². The minimum atomic E-state index is -0.823. The van der Waals surface area contributed by atoms with Gasteiger partial charge in [0.15, 0.2) is 6.10 Å². The summed E-state index contributed by atoms with van der Waals surface area (Å²) < 4.78 is 16.8. The normalized spacial score (nSPS) is 13.3. The zero-order valence-electron chi connectivity index (χ0n) is 45.9. The lowest BCUT2D eigenvalue weighted by atomic mass is 10.1. The standard InChI is InChI=1S/C66H102O6/c1-4-7-10-13-16-19-22-24-26-28-30-32-33-35-36-38-40-42-44-47-50-53-56-59-65(68)71-62-63(61-70-64(67)58-55-52-49-46-21-18-15-12-9-6-3)72-66(69)60-57-54-51-48-45-43-41-39-37-34-31-29-27-25-23-20-17-14-11-8-5-2/h7-8,10-12,15-17,19-20,24-27,30-32,34-36,39-42,45,48,63H,4-6,9,13-14,18,21-23,28-29,33,37-38,43-44,46-47,49-62H2,1-3H3/b10-7-,11-8-,15-12-,19-16-,20-17-,26-24-,27-25-,32-30-,34-31-,36-35-,41-39-,42-40-,48-45-. The van der Waals surface area contributed by atoms with Crippen LogP contribution < -0.4 is 0 Å². The molecule has 1 unspecified atom stereocenters. The number of unbranched alkanes of at least 4 members (excludes halogenated alkanes) is 12. The number of hydrogen-bond acceptors (Lipinski definition) is 6. The van der Waals surface area contributed by atoms with Crippen molar-refractivity contribution in [2.45, 2.75) is 226 Å². The van der Waals surface area contributed by atoms with Crippen LogP contribution >= 0.6 is 0 Å². The first-order chi connectivity index (χ1) is 35.5. The molecular weight excluding hydrogens is 889 g/mol. The van der Waals surface area contributed by atoms with E-state index in [1.807, 2.05) is 0 Å². The molecule has 0 fully saturated rings. The topological polar surface area (TPSA) is 78.9 Å². The van der Waals surface area contributed by atoms with Gasteiger partial charge in [-0.25, -0.2) is 0 Å². The molecule has 6 nitrogen and oxygen atoms in total. The molecule has 0 aromatic rings. The van der Waals surface area contributed by atoms with E-state index in [0.29, 0.717) is 19.3 Å². The quantitative estimate of drug-likeness (QED) is 0.0262. The summed E-state index contributed by atoms with van der Waals surface area (Å²) in [6.45, 7) is 6.26. The molecule has 0 aromatic carbocycles. The van der Waals surface area contributed by atoms with E-state index in [1.54, 1.807) is 0 Å². The van der Waals surface area contributed by atoms with Crippen LogP contribution in [0, 0.1) is 0 Å². The van der Waals surface area contributed by atoms with Crippen LogP contribution in [0.2, 0.25) is 0 Å². The summed E-state index contributed by atoms with van der Waals surface area (Å²) in [6, 6.07) is 0. The first-order valence-electron chi connectivity index (χ1n) is 28.5. The molecule has 0 aliphatic heterocycles. The lowest BCUT2D eigenvalue weighted by Gasteiger charge is -2.18. The fraction of sp³-hybridized carbons (Fsp3) is 0.561. The number of hydrogen-bond donors (Lipinski definition) is 0. The van der Waals surface area contributed by atoms with Crippen molar-refractivity contribution in [1.82, 2.24) is 0 Å². The lowest BCUT2D eigenvalue weighted by Crippen LogP contribution is -2.30. The average Bonchev–Trinajstić information content (AvgIpc) is 3.38. The zero-order chi connectivity index (χ0) is 52.2. The summed E-state index contributed by atoms with van der Waals surface area (Å²) in [6.07, 6.45) is 85.2. The second-order valence-corrected chi connectivity index (χ2v) is 18.1. The summed E-state index contributed by atoms with van der Waals surface area (Å²) >= 11 is 0. The number of allylic oxidation sites excluding steroid dienone is 26. The molecule has 0 aliphatic rings. The Morgan fingerprint density at radius 3 is 0.889 bits per heavy atom. The van der Waals surface area contributed by atoms with Gasteiger partial charge < -0.3 is 14.2 Å². The molecule has 72 heavy (non-hydrogen) atoms. The van der Waals surface area contributed by atoms with Gasteiger partial charge in [0.2, 0.25) is 0 Å². The average molecular weight is 992 g/mol. The predicted octanol–water partition coefficient (Wildman–Crippen LogP) is 19.4. The Labute approximate surface area is 441 Å². The number of ether oxygens (including phenoxy) is 3. The smallest absolute Gasteiger partial charge is 0.306 e. The molecule has 0 bridgehead atoms. The predicted molar refractivity (Wildman–Crippen MR) is 311 cm³/mol. The molecule has 0 rings (SSSR count). The summed E-state index contributed by atoms with van der Waals surface area (Å²) in [5, 5.41) is 0. The van der Waals surface area contributed by atoms with Crippen molar-refractivity contribution in [1.29, 1.82) is 0 Å². The zero-order valence-corrected chi connectivity index (χ0v) is 45.9. The first kappa shape index (κ1) is 67.0. The molecular formula is C66H102O6. The van der Waals surface area contributed by atoms with Crippen LogP contribution in [0.15, 0.2) is 158 Å². The lowest BCUT2D eigenvalue weighted by molar-refractivity contribution is -0.167. The molecule has 0 aliphatic carbocycles. The van der Waals surface area contributed by atoms with Crippen molar-refractivity contribution in [2.24, 2.45) is 0 Å². The molecule has 0 saturated carbocycles. The highest BCUT2D eigenvalue weighted by Gasteiger charge is 2.19. The maximum Gasteiger partial charge on any atom is 0.306 e. The highest BCUT2D eigenvalue weighted by Crippen LogP contribution is 2.12. The molecule has 402 valence electrons. The van der Waals surface area contributed by atoms with Crippen molar-refractivity contribution in [3.05, 3.63) is 158 Å². The van der Waals surface area contributed by atoms with Crippen molar-refractivity contribution >= 4 is 17.9 Å². The van der Waals surface area contributed by atoms with Crippen molar-refractivity contribution in [3.63, 3.8) is 0 Å². The molecule has 1 atom stereocenters. The fourth-order valence-electron chi connectivity index (χ4n) is 7.04. The first-order valence-corrected chi connectivity index (χ1v) is 28.5. The van der Waals surface area contributed by atoms with Crippen LogP contribution in [0.5, 0.6) is 0 Å². The van der Waals surface area contributed by atoms with E-state index in [0.717, 1.165) is 161 Å². The Morgan fingerprint density at radius 1 is 0.292 bits per heavy atom. The van der Waals surface area contributed by atoms with Crippen LogP contribution in [0.3, 0.4) is 0 Å². The molecule has 0 saturated heterocycles. The van der Waals surface area contributed by atoms with Gasteiger partial charge in [0.05, 0.1) is 0 Å². The van der Waals surface area contributed by atoms with Gasteiger partial charge >= 0.3 is 17.9 Å². The van der Waals surface area contributed by atoms with Crippen molar-refractivity contribution < 1.29 is 28.6 Å². The summed E-state index contributed by atoms with van der Waals surface area (Å²) in [5.74, 6) is -1.01. The highest BCUT2D eigenvalue weighted by atomic mass is 16.6. The molecule has 6 heteroatoms. The van der Waals surface area contributed by atoms with E-state index >= 15 is 0 Å². The van der Waals surface area contributed by atoms with Gasteiger partial charge in [0.1, 0.15) is 13.2 Å². The van der Waals surface area contributed by atoms with E-state index in [4.69, 9.17) is 14.2 Å². The number of rotatable bonds is 49. The van der Waals surface area contributed by atoms with Crippen LogP contribution in [0.4, 0.5) is 0 Å².